The first-order chi connectivity index (χ1) is 15.6. The van der Waals surface area contributed by atoms with Crippen molar-refractivity contribution in [2.45, 2.75) is 19.0 Å². The van der Waals surface area contributed by atoms with Crippen LogP contribution in [0.1, 0.15) is 33.0 Å². The number of alkyl halides is 3. The van der Waals surface area contributed by atoms with Crippen LogP contribution in [-0.4, -0.2) is 72.8 Å². The van der Waals surface area contributed by atoms with E-state index in [9.17, 15) is 22.8 Å². The molecule has 0 aromatic heterocycles. The Morgan fingerprint density at radius 1 is 0.909 bits per heavy atom. The third-order valence-electron chi connectivity index (χ3n) is 6.68. The second-order valence-electron chi connectivity index (χ2n) is 9.04. The minimum Gasteiger partial charge on any atom is -0.340 e. The molecule has 0 spiro atoms. The lowest BCUT2D eigenvalue weighted by molar-refractivity contribution is -0.137. The van der Waals surface area contributed by atoms with Gasteiger partial charge in [-0.25, -0.2) is 0 Å². The van der Waals surface area contributed by atoms with E-state index in [-0.39, 0.29) is 24.9 Å². The minimum absolute atomic E-state index is 0.0929. The molecular formula is C25H28F3N3O2. The van der Waals surface area contributed by atoms with Gasteiger partial charge in [0.15, 0.2) is 0 Å². The summed E-state index contributed by atoms with van der Waals surface area (Å²) < 4.78 is 40.1. The summed E-state index contributed by atoms with van der Waals surface area (Å²) in [6.45, 7) is 4.98. The van der Waals surface area contributed by atoms with E-state index in [1.54, 1.807) is 28.0 Å². The van der Waals surface area contributed by atoms with E-state index in [1.165, 1.54) is 6.07 Å². The first-order valence-electron chi connectivity index (χ1n) is 11.1. The van der Waals surface area contributed by atoms with Gasteiger partial charge in [0.2, 0.25) is 5.91 Å². The van der Waals surface area contributed by atoms with Crippen molar-refractivity contribution < 1.29 is 22.8 Å². The Kier molecular flexibility index (Phi) is 6.47. The van der Waals surface area contributed by atoms with Crippen LogP contribution in [0.4, 0.5) is 13.2 Å². The van der Waals surface area contributed by atoms with Gasteiger partial charge in [0.1, 0.15) is 0 Å². The first kappa shape index (κ1) is 23.3. The van der Waals surface area contributed by atoms with E-state index < -0.39 is 23.6 Å². The van der Waals surface area contributed by atoms with Crippen LogP contribution >= 0.6 is 0 Å². The van der Waals surface area contributed by atoms with Gasteiger partial charge in [-0.15, -0.1) is 0 Å². The van der Waals surface area contributed by atoms with Crippen LogP contribution < -0.4 is 0 Å². The lowest BCUT2D eigenvalue weighted by Gasteiger charge is -2.35. The number of carbonyl (C=O) groups is 2. The standard InChI is InChI=1S/C25H28F3N3O2/c1-17-6-8-18(9-7-17)23(32)31-15-21(19-4-3-5-20(14-19)25(26,27)28)22(16-31)24(33)30-12-10-29(2)11-13-30/h3-9,14,21-22H,10-13,15-16H2,1-2H3. The van der Waals surface area contributed by atoms with Crippen LogP contribution in [0.2, 0.25) is 0 Å². The second kappa shape index (κ2) is 9.17. The van der Waals surface area contributed by atoms with Crippen LogP contribution in [0.3, 0.4) is 0 Å². The molecule has 2 amide bonds. The molecule has 4 rings (SSSR count). The number of carbonyl (C=O) groups excluding carboxylic acids is 2. The molecule has 2 aromatic rings. The molecular weight excluding hydrogens is 431 g/mol. The van der Waals surface area contributed by atoms with Gasteiger partial charge in [-0.05, 0) is 37.7 Å². The number of nitrogens with zero attached hydrogens (tertiary/aromatic N) is 3. The number of hydrogen-bond donors (Lipinski definition) is 0. The SMILES string of the molecule is Cc1ccc(C(=O)N2CC(C(=O)N3CCN(C)CC3)C(c3cccc(C(F)(F)F)c3)C2)cc1. The van der Waals surface area contributed by atoms with E-state index in [0.717, 1.165) is 30.8 Å². The van der Waals surface area contributed by atoms with Crippen LogP contribution in [0, 0.1) is 12.8 Å². The summed E-state index contributed by atoms with van der Waals surface area (Å²) in [7, 11) is 1.99. The van der Waals surface area contributed by atoms with E-state index in [4.69, 9.17) is 0 Å². The minimum atomic E-state index is -4.47. The van der Waals surface area contributed by atoms with Crippen molar-refractivity contribution in [3.63, 3.8) is 0 Å². The van der Waals surface area contributed by atoms with Crippen molar-refractivity contribution >= 4 is 11.8 Å². The monoisotopic (exact) mass is 459 g/mol. The van der Waals surface area contributed by atoms with Gasteiger partial charge < -0.3 is 14.7 Å². The van der Waals surface area contributed by atoms with Gasteiger partial charge in [-0.2, -0.15) is 13.2 Å². The number of hydrogen-bond acceptors (Lipinski definition) is 3. The van der Waals surface area contributed by atoms with Crippen molar-refractivity contribution in [1.82, 2.24) is 14.7 Å². The average Bonchev–Trinajstić information content (AvgIpc) is 3.24. The van der Waals surface area contributed by atoms with Gasteiger partial charge in [-0.1, -0.05) is 35.9 Å². The van der Waals surface area contributed by atoms with Gasteiger partial charge in [0.05, 0.1) is 11.5 Å². The predicted octanol–water partition coefficient (Wildman–Crippen LogP) is 3.64. The smallest absolute Gasteiger partial charge is 0.340 e. The summed E-state index contributed by atoms with van der Waals surface area (Å²) in [5, 5.41) is 0. The van der Waals surface area contributed by atoms with Gasteiger partial charge in [0, 0.05) is 50.7 Å². The Labute approximate surface area is 191 Å². The highest BCUT2D eigenvalue weighted by molar-refractivity contribution is 5.95. The second-order valence-corrected chi connectivity index (χ2v) is 9.04. The summed E-state index contributed by atoms with van der Waals surface area (Å²) in [6.07, 6.45) is -4.47. The Morgan fingerprint density at radius 3 is 2.21 bits per heavy atom. The molecule has 0 aliphatic carbocycles. The van der Waals surface area contributed by atoms with Crippen molar-refractivity contribution in [2.75, 3.05) is 46.3 Å². The number of benzene rings is 2. The molecule has 33 heavy (non-hydrogen) atoms. The molecule has 2 heterocycles. The summed E-state index contributed by atoms with van der Waals surface area (Å²) in [5.41, 5.74) is 1.24. The lowest BCUT2D eigenvalue weighted by atomic mass is 9.87. The predicted molar refractivity (Wildman–Crippen MR) is 119 cm³/mol. The highest BCUT2D eigenvalue weighted by atomic mass is 19.4. The quantitative estimate of drug-likeness (QED) is 0.704. The van der Waals surface area contributed by atoms with E-state index in [0.29, 0.717) is 24.2 Å². The summed E-state index contributed by atoms with van der Waals surface area (Å²) in [4.78, 5) is 32.2. The Morgan fingerprint density at radius 2 is 1.58 bits per heavy atom. The summed E-state index contributed by atoms with van der Waals surface area (Å²) in [6, 6.07) is 12.3. The van der Waals surface area contributed by atoms with Crippen LogP contribution in [0.25, 0.3) is 0 Å². The maximum Gasteiger partial charge on any atom is 0.416 e. The number of likely N-dealkylation sites (tertiary alicyclic amines) is 1. The molecule has 2 unspecified atom stereocenters. The molecule has 2 saturated heterocycles. The molecule has 8 heteroatoms. The highest BCUT2D eigenvalue weighted by Gasteiger charge is 2.43. The lowest BCUT2D eigenvalue weighted by Crippen LogP contribution is -2.50. The summed E-state index contributed by atoms with van der Waals surface area (Å²) >= 11 is 0. The zero-order valence-corrected chi connectivity index (χ0v) is 18.8. The third-order valence-corrected chi connectivity index (χ3v) is 6.68. The number of halogens is 3. The average molecular weight is 460 g/mol. The number of amides is 2. The zero-order valence-electron chi connectivity index (χ0n) is 18.8. The number of piperazine rings is 1. The fourth-order valence-electron chi connectivity index (χ4n) is 4.64. The Balaban J connectivity index is 1.63. The topological polar surface area (TPSA) is 43.9 Å². The van der Waals surface area contributed by atoms with Crippen molar-refractivity contribution in [3.05, 3.63) is 70.8 Å². The van der Waals surface area contributed by atoms with Crippen molar-refractivity contribution in [2.24, 2.45) is 5.92 Å². The maximum absolute atomic E-state index is 13.5. The Bertz CT molecular complexity index is 1010. The molecule has 2 fully saturated rings. The van der Waals surface area contributed by atoms with E-state index in [1.807, 2.05) is 26.1 Å². The molecule has 2 atom stereocenters. The first-order valence-corrected chi connectivity index (χ1v) is 11.1. The molecule has 5 nitrogen and oxygen atoms in total. The molecule has 0 bridgehead atoms. The van der Waals surface area contributed by atoms with E-state index in [2.05, 4.69) is 4.90 Å². The maximum atomic E-state index is 13.5. The van der Waals surface area contributed by atoms with Gasteiger partial charge in [0.25, 0.3) is 5.91 Å². The molecule has 176 valence electrons. The normalized spacial score (nSPS) is 22.0. The molecule has 2 aliphatic rings. The zero-order chi connectivity index (χ0) is 23.8. The molecule has 0 radical (unpaired) electrons. The largest absolute Gasteiger partial charge is 0.416 e. The fourth-order valence-corrected chi connectivity index (χ4v) is 4.64. The van der Waals surface area contributed by atoms with Crippen LogP contribution in [0.5, 0.6) is 0 Å². The van der Waals surface area contributed by atoms with Crippen molar-refractivity contribution in [3.8, 4) is 0 Å². The number of rotatable bonds is 3. The number of likely N-dealkylation sites (N-methyl/N-ethyl adjacent to an activating group) is 1. The van der Waals surface area contributed by atoms with Gasteiger partial charge in [-0.3, -0.25) is 9.59 Å². The van der Waals surface area contributed by atoms with Crippen LogP contribution in [-0.2, 0) is 11.0 Å². The van der Waals surface area contributed by atoms with Gasteiger partial charge >= 0.3 is 6.18 Å². The summed E-state index contributed by atoms with van der Waals surface area (Å²) in [5.74, 6) is -1.37. The fraction of sp³-hybridized carbons (Fsp3) is 0.440. The van der Waals surface area contributed by atoms with Crippen molar-refractivity contribution in [1.29, 1.82) is 0 Å². The van der Waals surface area contributed by atoms with E-state index >= 15 is 0 Å². The number of aryl methyl sites for hydroxylation is 1. The highest BCUT2D eigenvalue weighted by Crippen LogP contribution is 2.38. The molecule has 2 aromatic carbocycles. The molecule has 0 saturated carbocycles. The van der Waals surface area contributed by atoms with Crippen LogP contribution in [0.15, 0.2) is 48.5 Å². The third kappa shape index (κ3) is 5.05. The molecule has 2 aliphatic heterocycles. The molecule has 0 N–H and O–H groups in total. The Hall–Kier alpha value is -2.87.